The highest BCUT2D eigenvalue weighted by atomic mass is 19.1. The number of nitrogens with one attached hydrogen (secondary N) is 1. The Hall–Kier alpha value is -3.33. The van der Waals surface area contributed by atoms with Crippen LogP contribution in [0.2, 0.25) is 0 Å². The third-order valence-electron chi connectivity index (χ3n) is 6.52. The van der Waals surface area contributed by atoms with Gasteiger partial charge in [0.25, 0.3) is 0 Å². The van der Waals surface area contributed by atoms with Crippen molar-refractivity contribution in [2.45, 2.75) is 19.4 Å². The molecule has 1 fully saturated rings. The third kappa shape index (κ3) is 4.40. The number of hydrogen-bond donors (Lipinski definition) is 1. The summed E-state index contributed by atoms with van der Waals surface area (Å²) in [5.74, 6) is -0.169. The number of amides is 2. The number of nitrogens with zero attached hydrogens (tertiary/aromatic N) is 4. The van der Waals surface area contributed by atoms with E-state index in [0.29, 0.717) is 16.8 Å². The van der Waals surface area contributed by atoms with Crippen LogP contribution in [0, 0.1) is 5.82 Å². The second-order valence-electron chi connectivity index (χ2n) is 8.69. The monoisotopic (exact) mass is 469 g/mol. The minimum absolute atomic E-state index is 0.0478. The van der Waals surface area contributed by atoms with E-state index in [4.69, 9.17) is 14.6 Å². The summed E-state index contributed by atoms with van der Waals surface area (Å²) in [6, 6.07) is 9.08. The Morgan fingerprint density at radius 2 is 1.79 bits per heavy atom. The Bertz CT molecular complexity index is 1080. The van der Waals surface area contributed by atoms with Crippen LogP contribution in [0.25, 0.3) is 0 Å². The van der Waals surface area contributed by atoms with Crippen molar-refractivity contribution >= 4 is 17.4 Å². The van der Waals surface area contributed by atoms with Crippen molar-refractivity contribution in [2.24, 2.45) is 5.10 Å². The minimum atomic E-state index is -0.496. The number of anilines is 1. The molecule has 0 aromatic heterocycles. The number of piperazine rings is 1. The van der Waals surface area contributed by atoms with E-state index in [1.807, 2.05) is 19.1 Å². The van der Waals surface area contributed by atoms with Crippen LogP contribution in [0.4, 0.5) is 14.9 Å². The van der Waals surface area contributed by atoms with Gasteiger partial charge in [0.15, 0.2) is 17.3 Å². The Morgan fingerprint density at radius 3 is 2.38 bits per heavy atom. The number of benzene rings is 2. The van der Waals surface area contributed by atoms with Crippen LogP contribution in [0.15, 0.2) is 35.4 Å². The van der Waals surface area contributed by atoms with E-state index in [1.54, 1.807) is 13.1 Å². The highest BCUT2D eigenvalue weighted by molar-refractivity contribution is 6.14. The molecule has 2 aromatic carbocycles. The molecular formula is C25H32FN5O3. The van der Waals surface area contributed by atoms with Crippen molar-refractivity contribution in [3.63, 3.8) is 0 Å². The lowest BCUT2D eigenvalue weighted by atomic mass is 9.93. The maximum absolute atomic E-state index is 15.6. The topological polar surface area (TPSA) is 69.6 Å². The lowest BCUT2D eigenvalue weighted by Crippen LogP contribution is -2.44. The van der Waals surface area contributed by atoms with Gasteiger partial charge in [-0.3, -0.25) is 0 Å². The number of ether oxygens (including phenoxy) is 2. The Labute approximate surface area is 199 Å². The summed E-state index contributed by atoms with van der Waals surface area (Å²) in [6.07, 6.45) is 0.279. The van der Waals surface area contributed by atoms with Crippen molar-refractivity contribution < 1.29 is 18.7 Å². The number of rotatable bonds is 4. The zero-order chi connectivity index (χ0) is 24.4. The number of fused-ring (bicyclic) bond motifs is 1. The van der Waals surface area contributed by atoms with E-state index < -0.39 is 5.82 Å². The summed E-state index contributed by atoms with van der Waals surface area (Å²) in [6.45, 7) is 5.80. The van der Waals surface area contributed by atoms with Gasteiger partial charge in [-0.2, -0.15) is 5.10 Å². The fourth-order valence-electron chi connectivity index (χ4n) is 4.51. The van der Waals surface area contributed by atoms with Crippen LogP contribution in [0.3, 0.4) is 0 Å². The molecule has 0 aliphatic carbocycles. The summed E-state index contributed by atoms with van der Waals surface area (Å²) in [5, 5.41) is 8.73. The molecule has 2 aliphatic heterocycles. The fraction of sp³-hybridized carbons (Fsp3) is 0.440. The number of likely N-dealkylation sites (N-methyl/N-ethyl adjacent to an activating group) is 1. The summed E-state index contributed by atoms with van der Waals surface area (Å²) in [7, 11) is 6.57. The van der Waals surface area contributed by atoms with Gasteiger partial charge >= 0.3 is 6.03 Å². The number of hydrogen-bond acceptors (Lipinski definition) is 6. The molecule has 1 atom stereocenters. The molecule has 182 valence electrons. The van der Waals surface area contributed by atoms with Crippen LogP contribution in [-0.4, -0.2) is 82.2 Å². The van der Waals surface area contributed by atoms with Gasteiger partial charge in [-0.1, -0.05) is 12.1 Å². The molecule has 0 radical (unpaired) electrons. The van der Waals surface area contributed by atoms with Crippen LogP contribution in [0.5, 0.6) is 11.5 Å². The minimum Gasteiger partial charge on any atom is -0.493 e. The van der Waals surface area contributed by atoms with Crippen molar-refractivity contribution in [3.8, 4) is 11.5 Å². The van der Waals surface area contributed by atoms with E-state index in [-0.39, 0.29) is 30.0 Å². The highest BCUT2D eigenvalue weighted by Crippen LogP contribution is 2.38. The Balaban J connectivity index is 1.81. The maximum Gasteiger partial charge on any atom is 0.337 e. The van der Waals surface area contributed by atoms with Gasteiger partial charge in [0, 0.05) is 55.6 Å². The Morgan fingerprint density at radius 1 is 1.12 bits per heavy atom. The van der Waals surface area contributed by atoms with Crippen molar-refractivity contribution in [1.29, 1.82) is 0 Å². The zero-order valence-electron chi connectivity index (χ0n) is 20.4. The molecule has 9 heteroatoms. The molecule has 2 amide bonds. The van der Waals surface area contributed by atoms with Gasteiger partial charge < -0.3 is 24.6 Å². The quantitative estimate of drug-likeness (QED) is 0.746. The summed E-state index contributed by atoms with van der Waals surface area (Å²) >= 11 is 0. The predicted octanol–water partition coefficient (Wildman–Crippen LogP) is 2.93. The highest BCUT2D eigenvalue weighted by Gasteiger charge is 2.31. The molecule has 8 nitrogen and oxygen atoms in total. The van der Waals surface area contributed by atoms with Gasteiger partial charge in [-0.15, -0.1) is 0 Å². The molecule has 0 unspecified atom stereocenters. The first-order valence-electron chi connectivity index (χ1n) is 11.4. The van der Waals surface area contributed by atoms with Crippen LogP contribution < -0.4 is 19.7 Å². The molecule has 1 N–H and O–H groups in total. The SMILES string of the molecule is CNC(=O)N1N=C(c2ccc(N3CCN(C)CC3)cc2)c2cc(OC)c(OC)c(F)c2C[C@H]1C. The lowest BCUT2D eigenvalue weighted by Gasteiger charge is -2.34. The summed E-state index contributed by atoms with van der Waals surface area (Å²) < 4.78 is 26.3. The number of halogens is 1. The number of carbonyl (C=O) groups is 1. The summed E-state index contributed by atoms with van der Waals surface area (Å²) in [5.41, 5.74) is 3.45. The van der Waals surface area contributed by atoms with Crippen LogP contribution >= 0.6 is 0 Å². The van der Waals surface area contributed by atoms with Crippen molar-refractivity contribution in [1.82, 2.24) is 15.2 Å². The average Bonchev–Trinajstić information content (AvgIpc) is 3.00. The molecule has 2 aromatic rings. The van der Waals surface area contributed by atoms with Gasteiger partial charge in [0.1, 0.15) is 0 Å². The lowest BCUT2D eigenvalue weighted by molar-refractivity contribution is 0.184. The Kier molecular flexibility index (Phi) is 6.92. The molecule has 2 aliphatic rings. The van der Waals surface area contributed by atoms with Crippen molar-refractivity contribution in [2.75, 3.05) is 59.4 Å². The number of carbonyl (C=O) groups excluding carboxylic acids is 1. The second kappa shape index (κ2) is 9.89. The molecule has 2 heterocycles. The van der Waals surface area contributed by atoms with Gasteiger partial charge in [-0.25, -0.2) is 14.2 Å². The molecule has 4 rings (SSSR count). The average molecular weight is 470 g/mol. The van der Waals surface area contributed by atoms with E-state index >= 15 is 4.39 Å². The van der Waals surface area contributed by atoms with E-state index in [9.17, 15) is 4.79 Å². The van der Waals surface area contributed by atoms with Gasteiger partial charge in [0.05, 0.1) is 26.0 Å². The first-order valence-corrected chi connectivity index (χ1v) is 11.4. The molecule has 0 saturated carbocycles. The predicted molar refractivity (Wildman–Crippen MR) is 131 cm³/mol. The third-order valence-corrected chi connectivity index (χ3v) is 6.52. The van der Waals surface area contributed by atoms with Crippen LogP contribution in [0.1, 0.15) is 23.6 Å². The first-order chi connectivity index (χ1) is 16.4. The van der Waals surface area contributed by atoms with E-state index in [1.165, 1.54) is 19.2 Å². The number of hydrazone groups is 1. The van der Waals surface area contributed by atoms with Gasteiger partial charge in [0.2, 0.25) is 0 Å². The standard InChI is InChI=1S/C25H32FN5O3/c1-16-14-19-20(15-21(33-4)24(34-5)22(19)26)23(28-31(16)25(32)27-2)17-6-8-18(9-7-17)30-12-10-29(3)11-13-30/h6-9,15-16H,10-14H2,1-5H3,(H,27,32)/t16-/m1/s1. The zero-order valence-corrected chi connectivity index (χ0v) is 20.4. The molecule has 0 bridgehead atoms. The number of urea groups is 1. The molecule has 1 saturated heterocycles. The second-order valence-corrected chi connectivity index (χ2v) is 8.69. The van der Waals surface area contributed by atoms with E-state index in [0.717, 1.165) is 37.4 Å². The molecular weight excluding hydrogens is 437 g/mol. The summed E-state index contributed by atoms with van der Waals surface area (Å²) in [4.78, 5) is 17.3. The normalized spacial score (nSPS) is 18.6. The van der Waals surface area contributed by atoms with Gasteiger partial charge in [-0.05, 0) is 38.6 Å². The smallest absolute Gasteiger partial charge is 0.337 e. The largest absolute Gasteiger partial charge is 0.493 e. The van der Waals surface area contributed by atoms with E-state index in [2.05, 4.69) is 34.3 Å². The number of methoxy groups -OCH3 is 2. The fourth-order valence-corrected chi connectivity index (χ4v) is 4.51. The molecule has 34 heavy (non-hydrogen) atoms. The maximum atomic E-state index is 15.6. The van der Waals surface area contributed by atoms with Crippen LogP contribution in [-0.2, 0) is 6.42 Å². The molecule has 0 spiro atoms. The first kappa shape index (κ1) is 23.8. The van der Waals surface area contributed by atoms with Crippen molar-refractivity contribution in [3.05, 3.63) is 52.8 Å².